The fourth-order valence-electron chi connectivity index (χ4n) is 3.59. The minimum absolute atomic E-state index is 0.253. The van der Waals surface area contributed by atoms with E-state index in [0.29, 0.717) is 13.1 Å². The van der Waals surface area contributed by atoms with Gasteiger partial charge in [-0.25, -0.2) is 0 Å². The van der Waals surface area contributed by atoms with Crippen molar-refractivity contribution in [3.8, 4) is 0 Å². The molecule has 120 valence electrons. The van der Waals surface area contributed by atoms with Gasteiger partial charge in [-0.3, -0.25) is 14.5 Å². The molecule has 2 rings (SSSR count). The molecule has 2 aliphatic rings. The van der Waals surface area contributed by atoms with Gasteiger partial charge >= 0.3 is 0 Å². The van der Waals surface area contributed by atoms with Crippen molar-refractivity contribution in [3.05, 3.63) is 0 Å². The van der Waals surface area contributed by atoms with E-state index in [2.05, 4.69) is 12.2 Å². The number of hydrogen-bond acceptors (Lipinski definition) is 4. The lowest BCUT2D eigenvalue weighted by molar-refractivity contribution is -0.138. The van der Waals surface area contributed by atoms with E-state index < -0.39 is 0 Å². The molecule has 1 unspecified atom stereocenters. The molecule has 3 N–H and O–H groups in total. The normalized spacial score (nSPS) is 27.6. The Morgan fingerprint density at radius 2 is 2.00 bits per heavy atom. The first kappa shape index (κ1) is 16.2. The molecule has 2 saturated heterocycles. The molecule has 21 heavy (non-hydrogen) atoms. The van der Waals surface area contributed by atoms with Crippen molar-refractivity contribution in [1.29, 1.82) is 0 Å². The van der Waals surface area contributed by atoms with Crippen molar-refractivity contribution in [1.82, 2.24) is 15.1 Å². The van der Waals surface area contributed by atoms with Gasteiger partial charge in [0, 0.05) is 26.2 Å². The lowest BCUT2D eigenvalue weighted by Gasteiger charge is -2.34. The highest BCUT2D eigenvalue weighted by molar-refractivity contribution is 5.86. The summed E-state index contributed by atoms with van der Waals surface area (Å²) in [4.78, 5) is 28.0. The van der Waals surface area contributed by atoms with E-state index in [0.717, 1.165) is 58.3 Å². The van der Waals surface area contributed by atoms with E-state index in [1.54, 1.807) is 0 Å². The lowest BCUT2D eigenvalue weighted by Crippen LogP contribution is -2.55. The third-order valence-electron chi connectivity index (χ3n) is 4.59. The number of hydrogen-bond donors (Lipinski definition) is 2. The Bertz CT molecular complexity index is 380. The van der Waals surface area contributed by atoms with Crippen LogP contribution in [-0.4, -0.2) is 66.4 Å². The van der Waals surface area contributed by atoms with Crippen LogP contribution in [0.3, 0.4) is 0 Å². The highest BCUT2D eigenvalue weighted by atomic mass is 16.2. The van der Waals surface area contributed by atoms with Crippen LogP contribution >= 0.6 is 0 Å². The molecule has 1 atom stereocenters. The molecule has 0 aromatic carbocycles. The molecule has 0 radical (unpaired) electrons. The van der Waals surface area contributed by atoms with E-state index in [9.17, 15) is 9.59 Å². The Balaban J connectivity index is 1.97. The summed E-state index contributed by atoms with van der Waals surface area (Å²) < 4.78 is 0. The largest absolute Gasteiger partial charge is 0.369 e. The van der Waals surface area contributed by atoms with Gasteiger partial charge in [-0.05, 0) is 32.2 Å². The van der Waals surface area contributed by atoms with Gasteiger partial charge in [0.1, 0.15) is 0 Å². The van der Waals surface area contributed by atoms with Crippen LogP contribution in [0.4, 0.5) is 0 Å². The lowest BCUT2D eigenvalue weighted by atomic mass is 9.90. The topological polar surface area (TPSA) is 78.7 Å². The molecule has 2 aliphatic heterocycles. The average Bonchev–Trinajstić information content (AvgIpc) is 2.79. The SMILES string of the molecule is CCCC1(C(=O)N2CCCN(CC(N)=O)CC2)CCCN1. The van der Waals surface area contributed by atoms with Crippen LogP contribution in [0.25, 0.3) is 0 Å². The number of amides is 2. The number of carbonyl (C=O) groups excluding carboxylic acids is 2. The van der Waals surface area contributed by atoms with Gasteiger partial charge in [-0.2, -0.15) is 0 Å². The molecule has 2 fully saturated rings. The maximum atomic E-state index is 12.9. The summed E-state index contributed by atoms with van der Waals surface area (Å²) in [6.45, 7) is 6.40. The fraction of sp³-hybridized carbons (Fsp3) is 0.867. The molecule has 6 nitrogen and oxygen atoms in total. The van der Waals surface area contributed by atoms with Gasteiger partial charge in [0.05, 0.1) is 12.1 Å². The molecule has 6 heteroatoms. The summed E-state index contributed by atoms with van der Waals surface area (Å²) in [6.07, 6.45) is 4.85. The summed E-state index contributed by atoms with van der Waals surface area (Å²) in [7, 11) is 0. The zero-order valence-electron chi connectivity index (χ0n) is 13.1. The Morgan fingerprint density at radius 1 is 1.19 bits per heavy atom. The second-order valence-corrected chi connectivity index (χ2v) is 6.25. The summed E-state index contributed by atoms with van der Waals surface area (Å²) in [5.74, 6) is -0.0440. The Kier molecular flexibility index (Phi) is 5.58. The maximum absolute atomic E-state index is 12.9. The molecule has 0 saturated carbocycles. The number of carbonyl (C=O) groups is 2. The van der Waals surface area contributed by atoms with Crippen LogP contribution in [0.1, 0.15) is 39.0 Å². The maximum Gasteiger partial charge on any atom is 0.242 e. The number of primary amides is 1. The number of nitrogens with one attached hydrogen (secondary N) is 1. The zero-order chi connectivity index (χ0) is 15.3. The first-order valence-corrected chi connectivity index (χ1v) is 8.12. The van der Waals surface area contributed by atoms with Crippen molar-refractivity contribution < 1.29 is 9.59 Å². The highest BCUT2D eigenvalue weighted by Crippen LogP contribution is 2.27. The standard InChI is InChI=1S/C15H28N4O2/c1-2-5-15(6-3-7-17-15)14(21)19-9-4-8-18(10-11-19)12-13(16)20/h17H,2-12H2,1H3,(H2,16,20). The van der Waals surface area contributed by atoms with Crippen LogP contribution < -0.4 is 11.1 Å². The predicted molar refractivity (Wildman–Crippen MR) is 81.7 cm³/mol. The van der Waals surface area contributed by atoms with Crippen LogP contribution in [0, 0.1) is 0 Å². The molecule has 0 aromatic heterocycles. The van der Waals surface area contributed by atoms with Crippen LogP contribution in [0.2, 0.25) is 0 Å². The van der Waals surface area contributed by atoms with Gasteiger partial charge in [-0.15, -0.1) is 0 Å². The number of nitrogens with two attached hydrogens (primary N) is 1. The smallest absolute Gasteiger partial charge is 0.242 e. The minimum atomic E-state index is -0.340. The van der Waals surface area contributed by atoms with Gasteiger partial charge < -0.3 is 16.0 Å². The summed E-state index contributed by atoms with van der Waals surface area (Å²) in [6, 6.07) is 0. The van der Waals surface area contributed by atoms with E-state index in [-0.39, 0.29) is 17.4 Å². The van der Waals surface area contributed by atoms with Crippen molar-refractivity contribution in [2.24, 2.45) is 5.73 Å². The first-order valence-electron chi connectivity index (χ1n) is 8.12. The van der Waals surface area contributed by atoms with Crippen molar-refractivity contribution >= 4 is 11.8 Å². The Labute approximate surface area is 127 Å². The molecule has 0 aliphatic carbocycles. The second kappa shape index (κ2) is 7.22. The first-order chi connectivity index (χ1) is 10.1. The van der Waals surface area contributed by atoms with Gasteiger partial charge in [-0.1, -0.05) is 13.3 Å². The van der Waals surface area contributed by atoms with Crippen molar-refractivity contribution in [2.45, 2.75) is 44.6 Å². The van der Waals surface area contributed by atoms with Crippen molar-refractivity contribution in [3.63, 3.8) is 0 Å². The molecule has 2 heterocycles. The summed E-state index contributed by atoms with van der Waals surface area (Å²) in [5.41, 5.74) is 4.92. The predicted octanol–water partition coefficient (Wildman–Crippen LogP) is -0.0717. The molecule has 0 bridgehead atoms. The molecule has 0 aromatic rings. The minimum Gasteiger partial charge on any atom is -0.369 e. The Hall–Kier alpha value is -1.14. The number of rotatable bonds is 5. The average molecular weight is 296 g/mol. The monoisotopic (exact) mass is 296 g/mol. The van der Waals surface area contributed by atoms with Gasteiger partial charge in [0.2, 0.25) is 11.8 Å². The summed E-state index contributed by atoms with van der Waals surface area (Å²) in [5, 5.41) is 3.45. The van der Waals surface area contributed by atoms with Crippen LogP contribution in [-0.2, 0) is 9.59 Å². The second-order valence-electron chi connectivity index (χ2n) is 6.25. The van der Waals surface area contributed by atoms with Gasteiger partial charge in [0.25, 0.3) is 0 Å². The molecule has 0 spiro atoms. The van der Waals surface area contributed by atoms with Gasteiger partial charge in [0.15, 0.2) is 0 Å². The fourth-order valence-corrected chi connectivity index (χ4v) is 3.59. The molecular weight excluding hydrogens is 268 g/mol. The zero-order valence-corrected chi connectivity index (χ0v) is 13.1. The Morgan fingerprint density at radius 3 is 2.62 bits per heavy atom. The van der Waals surface area contributed by atoms with Crippen LogP contribution in [0.15, 0.2) is 0 Å². The summed E-state index contributed by atoms with van der Waals surface area (Å²) >= 11 is 0. The quantitative estimate of drug-likeness (QED) is 0.744. The third kappa shape index (κ3) is 3.95. The molecule has 2 amide bonds. The van der Waals surface area contributed by atoms with Crippen LogP contribution in [0.5, 0.6) is 0 Å². The van der Waals surface area contributed by atoms with E-state index in [1.165, 1.54) is 0 Å². The van der Waals surface area contributed by atoms with E-state index in [4.69, 9.17) is 5.73 Å². The third-order valence-corrected chi connectivity index (χ3v) is 4.59. The number of nitrogens with zero attached hydrogens (tertiary/aromatic N) is 2. The molecular formula is C15H28N4O2. The highest BCUT2D eigenvalue weighted by Gasteiger charge is 2.42. The van der Waals surface area contributed by atoms with Crippen molar-refractivity contribution in [2.75, 3.05) is 39.3 Å². The van der Waals surface area contributed by atoms with E-state index >= 15 is 0 Å². The van der Waals surface area contributed by atoms with E-state index in [1.807, 2.05) is 9.80 Å².